The Balaban J connectivity index is 1.70. The molecule has 2 aromatic rings. The van der Waals surface area contributed by atoms with Crippen LogP contribution in [0.15, 0.2) is 70.9 Å². The quantitative estimate of drug-likeness (QED) is 0.633. The molecule has 106 valence electrons. The minimum absolute atomic E-state index is 0.234. The summed E-state index contributed by atoms with van der Waals surface area (Å²) in [7, 11) is 0. The van der Waals surface area contributed by atoms with Gasteiger partial charge < -0.3 is 0 Å². The third kappa shape index (κ3) is 1.06. The molecule has 0 amide bonds. The topological polar surface area (TPSA) is 24.7 Å². The number of fused-ring (bicyclic) bond motifs is 11. The lowest BCUT2D eigenvalue weighted by Gasteiger charge is -2.33. The summed E-state index contributed by atoms with van der Waals surface area (Å²) in [4.78, 5) is 0. The largest absolute Gasteiger partial charge is 0.188 e. The van der Waals surface area contributed by atoms with E-state index in [0.29, 0.717) is 23.8 Å². The number of azo groups is 1. The molecule has 1 fully saturated rings. The molecule has 1 aliphatic heterocycles. The van der Waals surface area contributed by atoms with Crippen molar-refractivity contribution in [2.45, 2.75) is 18.0 Å². The van der Waals surface area contributed by atoms with Gasteiger partial charge >= 0.3 is 0 Å². The minimum Gasteiger partial charge on any atom is -0.188 e. The van der Waals surface area contributed by atoms with E-state index >= 15 is 0 Å². The van der Waals surface area contributed by atoms with Crippen LogP contribution in [0.3, 0.4) is 0 Å². The van der Waals surface area contributed by atoms with Crippen LogP contribution in [-0.4, -0.2) is 6.04 Å². The Morgan fingerprint density at radius 1 is 0.818 bits per heavy atom. The Kier molecular flexibility index (Phi) is 1.84. The monoisotopic (exact) mass is 284 g/mol. The fraction of sp³-hybridized carbons (Fsp3) is 0.300. The maximum atomic E-state index is 4.96. The molecule has 4 aliphatic rings. The van der Waals surface area contributed by atoms with Gasteiger partial charge in [-0.1, -0.05) is 60.7 Å². The van der Waals surface area contributed by atoms with Crippen LogP contribution in [0.4, 0.5) is 0 Å². The Morgan fingerprint density at radius 2 is 1.45 bits per heavy atom. The molecular formula is C20H16N2. The standard InChI is InChI=1S/C20H16N2/c1-3-7-16-14(5-1)15-6-2-4-8-17(15)20(16)18-12-9-10-13(11-12)19(18)21-22-20/h1-10,12-13,18-19H,11H2. The molecule has 2 nitrogen and oxygen atoms in total. The van der Waals surface area contributed by atoms with Crippen molar-refractivity contribution in [2.75, 3.05) is 0 Å². The van der Waals surface area contributed by atoms with E-state index in [1.165, 1.54) is 28.7 Å². The van der Waals surface area contributed by atoms with Gasteiger partial charge in [0.05, 0.1) is 6.04 Å². The first kappa shape index (κ1) is 11.4. The highest BCUT2D eigenvalue weighted by molar-refractivity contribution is 5.81. The highest BCUT2D eigenvalue weighted by atomic mass is 15.2. The fourth-order valence-electron chi connectivity index (χ4n) is 5.45. The molecule has 0 aromatic heterocycles. The van der Waals surface area contributed by atoms with Crippen LogP contribution < -0.4 is 0 Å². The molecule has 4 atom stereocenters. The molecule has 0 radical (unpaired) electrons. The van der Waals surface area contributed by atoms with Crippen LogP contribution in [0, 0.1) is 17.8 Å². The molecule has 1 spiro atoms. The molecule has 0 saturated heterocycles. The fourth-order valence-corrected chi connectivity index (χ4v) is 5.45. The lowest BCUT2D eigenvalue weighted by molar-refractivity contribution is 0.309. The van der Waals surface area contributed by atoms with Crippen LogP contribution in [0.25, 0.3) is 11.1 Å². The number of nitrogens with zero attached hydrogens (tertiary/aromatic N) is 2. The van der Waals surface area contributed by atoms with Gasteiger partial charge in [-0.05, 0) is 34.6 Å². The minimum atomic E-state index is -0.234. The highest BCUT2D eigenvalue weighted by Gasteiger charge is 2.62. The number of hydrogen-bond donors (Lipinski definition) is 0. The zero-order valence-electron chi connectivity index (χ0n) is 12.2. The zero-order valence-corrected chi connectivity index (χ0v) is 12.2. The number of hydrogen-bond acceptors (Lipinski definition) is 2. The Labute approximate surface area is 129 Å². The van der Waals surface area contributed by atoms with Gasteiger partial charge in [-0.15, -0.1) is 0 Å². The Morgan fingerprint density at radius 3 is 2.18 bits per heavy atom. The summed E-state index contributed by atoms with van der Waals surface area (Å²) >= 11 is 0. The SMILES string of the molecule is C1=CC2CC1C1N=NC3(c4ccccc4-c4ccccc43)C21. The molecule has 1 heterocycles. The molecule has 0 N–H and O–H groups in total. The van der Waals surface area contributed by atoms with Gasteiger partial charge in [0.1, 0.15) is 5.54 Å². The molecular weight excluding hydrogens is 268 g/mol. The van der Waals surface area contributed by atoms with E-state index in [2.05, 4.69) is 60.7 Å². The lowest BCUT2D eigenvalue weighted by Crippen LogP contribution is -2.37. The van der Waals surface area contributed by atoms with Crippen LogP contribution >= 0.6 is 0 Å². The van der Waals surface area contributed by atoms with Crippen molar-refractivity contribution in [1.29, 1.82) is 0 Å². The van der Waals surface area contributed by atoms with Crippen molar-refractivity contribution in [3.63, 3.8) is 0 Å². The summed E-state index contributed by atoms with van der Waals surface area (Å²) in [5, 5.41) is 9.75. The van der Waals surface area contributed by atoms with Gasteiger partial charge in [0, 0.05) is 11.8 Å². The van der Waals surface area contributed by atoms with Crippen LogP contribution in [-0.2, 0) is 5.54 Å². The normalized spacial score (nSPS) is 34.2. The highest BCUT2D eigenvalue weighted by Crippen LogP contribution is 2.64. The Bertz CT molecular complexity index is 818. The van der Waals surface area contributed by atoms with Crippen LogP contribution in [0.1, 0.15) is 17.5 Å². The summed E-state index contributed by atoms with van der Waals surface area (Å²) in [5.74, 6) is 1.74. The first-order valence-corrected chi connectivity index (χ1v) is 8.19. The second kappa shape index (κ2) is 3.57. The first-order valence-electron chi connectivity index (χ1n) is 8.19. The molecule has 1 saturated carbocycles. The number of benzene rings is 2. The van der Waals surface area contributed by atoms with Gasteiger partial charge in [-0.25, -0.2) is 0 Å². The van der Waals surface area contributed by atoms with Crippen molar-refractivity contribution >= 4 is 0 Å². The van der Waals surface area contributed by atoms with E-state index in [9.17, 15) is 0 Å². The summed E-state index contributed by atoms with van der Waals surface area (Å²) in [6.45, 7) is 0. The second-order valence-corrected chi connectivity index (χ2v) is 7.04. The van der Waals surface area contributed by atoms with E-state index in [0.717, 1.165) is 0 Å². The second-order valence-electron chi connectivity index (χ2n) is 7.04. The third-order valence-corrected chi connectivity index (χ3v) is 6.21. The van der Waals surface area contributed by atoms with E-state index in [1.54, 1.807) is 0 Å². The predicted molar refractivity (Wildman–Crippen MR) is 85.5 cm³/mol. The molecule has 2 heteroatoms. The average Bonchev–Trinajstić information content (AvgIpc) is 3.31. The van der Waals surface area contributed by atoms with Gasteiger partial charge in [0.2, 0.25) is 0 Å². The Hall–Kier alpha value is -2.22. The smallest absolute Gasteiger partial charge is 0.138 e. The third-order valence-electron chi connectivity index (χ3n) is 6.21. The van der Waals surface area contributed by atoms with Crippen molar-refractivity contribution in [1.82, 2.24) is 0 Å². The molecule has 4 unspecified atom stereocenters. The summed E-state index contributed by atoms with van der Waals surface area (Å²) in [6, 6.07) is 18.0. The molecule has 6 rings (SSSR count). The maximum Gasteiger partial charge on any atom is 0.138 e. The molecule has 2 aromatic carbocycles. The van der Waals surface area contributed by atoms with Gasteiger partial charge in [-0.2, -0.15) is 10.2 Å². The molecule has 3 aliphatic carbocycles. The maximum absolute atomic E-state index is 4.96. The van der Waals surface area contributed by atoms with Gasteiger partial charge in [0.25, 0.3) is 0 Å². The van der Waals surface area contributed by atoms with Crippen LogP contribution in [0.5, 0.6) is 0 Å². The van der Waals surface area contributed by atoms with Gasteiger partial charge in [-0.3, -0.25) is 0 Å². The van der Waals surface area contributed by atoms with E-state index in [-0.39, 0.29) is 5.54 Å². The van der Waals surface area contributed by atoms with E-state index in [4.69, 9.17) is 10.2 Å². The van der Waals surface area contributed by atoms with E-state index in [1.807, 2.05) is 0 Å². The summed E-state index contributed by atoms with van der Waals surface area (Å²) < 4.78 is 0. The molecule has 22 heavy (non-hydrogen) atoms. The molecule has 2 bridgehead atoms. The van der Waals surface area contributed by atoms with E-state index < -0.39 is 0 Å². The summed E-state index contributed by atoms with van der Waals surface area (Å²) in [5.41, 5.74) is 5.21. The van der Waals surface area contributed by atoms with Crippen molar-refractivity contribution in [3.8, 4) is 11.1 Å². The predicted octanol–water partition coefficient (Wildman–Crippen LogP) is 4.57. The number of allylic oxidation sites excluding steroid dienone is 1. The van der Waals surface area contributed by atoms with Crippen molar-refractivity contribution in [2.24, 2.45) is 28.0 Å². The van der Waals surface area contributed by atoms with Crippen molar-refractivity contribution < 1.29 is 0 Å². The van der Waals surface area contributed by atoms with Crippen molar-refractivity contribution in [3.05, 3.63) is 71.8 Å². The zero-order chi connectivity index (χ0) is 14.3. The first-order chi connectivity index (χ1) is 10.9. The summed E-state index contributed by atoms with van der Waals surface area (Å²) in [6.07, 6.45) is 6.06. The van der Waals surface area contributed by atoms with Gasteiger partial charge in [0.15, 0.2) is 0 Å². The lowest BCUT2D eigenvalue weighted by atomic mass is 9.70. The number of rotatable bonds is 0. The average molecular weight is 284 g/mol. The van der Waals surface area contributed by atoms with Crippen LogP contribution in [0.2, 0.25) is 0 Å².